The molecule has 5 rings (SSSR count). The van der Waals surface area contributed by atoms with E-state index in [9.17, 15) is 0 Å². The second-order valence-corrected chi connectivity index (χ2v) is 8.09. The van der Waals surface area contributed by atoms with Crippen LogP contribution in [0.25, 0.3) is 22.6 Å². The fourth-order valence-corrected chi connectivity index (χ4v) is 4.04. The summed E-state index contributed by atoms with van der Waals surface area (Å²) in [4.78, 5) is 13.4. The van der Waals surface area contributed by atoms with Crippen LogP contribution in [-0.2, 0) is 13.0 Å². The smallest absolute Gasteiger partial charge is 0.246 e. The average molecular weight is 456 g/mol. The van der Waals surface area contributed by atoms with Gasteiger partial charge in [0.05, 0.1) is 11.9 Å². The largest absolute Gasteiger partial charge is 0.337 e. The Hall–Kier alpha value is -4.11. The SMILES string of the molecule is CCc1nccn1Cc1nc(-c2cccc(C=NNc3nc(-c4ccccc4)cs3)c2)no1. The maximum absolute atomic E-state index is 5.45. The number of hydrogen-bond donors (Lipinski definition) is 1. The van der Waals surface area contributed by atoms with Crippen molar-refractivity contribution >= 4 is 22.7 Å². The van der Waals surface area contributed by atoms with Crippen LogP contribution in [0.2, 0.25) is 0 Å². The lowest BCUT2D eigenvalue weighted by atomic mass is 10.1. The molecule has 0 radical (unpaired) electrons. The van der Waals surface area contributed by atoms with Gasteiger partial charge in [-0.3, -0.25) is 5.43 Å². The Balaban J connectivity index is 1.25. The minimum atomic E-state index is 0.500. The van der Waals surface area contributed by atoms with Crippen molar-refractivity contribution in [2.24, 2.45) is 5.10 Å². The second kappa shape index (κ2) is 9.58. The van der Waals surface area contributed by atoms with E-state index in [4.69, 9.17) is 4.52 Å². The van der Waals surface area contributed by atoms with E-state index in [0.717, 1.165) is 39.8 Å². The Morgan fingerprint density at radius 3 is 2.85 bits per heavy atom. The van der Waals surface area contributed by atoms with Crippen LogP contribution in [0.15, 0.2) is 82.0 Å². The first-order chi connectivity index (χ1) is 16.3. The molecular formula is C24H21N7OS. The highest BCUT2D eigenvalue weighted by molar-refractivity contribution is 7.14. The molecule has 0 saturated heterocycles. The van der Waals surface area contributed by atoms with Crippen molar-refractivity contribution in [1.82, 2.24) is 24.7 Å². The predicted octanol–water partition coefficient (Wildman–Crippen LogP) is 5.11. The zero-order valence-corrected chi connectivity index (χ0v) is 18.7. The number of anilines is 1. The summed E-state index contributed by atoms with van der Waals surface area (Å²) in [6.07, 6.45) is 6.28. The fraction of sp³-hybridized carbons (Fsp3) is 0.125. The number of nitrogens with zero attached hydrogens (tertiary/aromatic N) is 6. The number of thiazole rings is 1. The third kappa shape index (κ3) is 4.88. The van der Waals surface area contributed by atoms with E-state index in [0.29, 0.717) is 18.3 Å². The Kier molecular flexibility index (Phi) is 6.03. The number of benzene rings is 2. The van der Waals surface area contributed by atoms with Crippen LogP contribution in [0.4, 0.5) is 5.13 Å². The Morgan fingerprint density at radius 2 is 1.97 bits per heavy atom. The fourth-order valence-electron chi connectivity index (χ4n) is 3.37. The molecule has 9 heteroatoms. The summed E-state index contributed by atoms with van der Waals surface area (Å²) in [6.45, 7) is 2.57. The highest BCUT2D eigenvalue weighted by Gasteiger charge is 2.11. The van der Waals surface area contributed by atoms with Gasteiger partial charge in [-0.25, -0.2) is 9.97 Å². The van der Waals surface area contributed by atoms with Crippen LogP contribution in [0, 0.1) is 0 Å². The van der Waals surface area contributed by atoms with Crippen LogP contribution < -0.4 is 5.43 Å². The van der Waals surface area contributed by atoms with Gasteiger partial charge in [-0.15, -0.1) is 11.3 Å². The monoisotopic (exact) mass is 455 g/mol. The molecule has 0 saturated carbocycles. The summed E-state index contributed by atoms with van der Waals surface area (Å²) < 4.78 is 7.45. The molecule has 0 unspecified atom stereocenters. The van der Waals surface area contributed by atoms with Gasteiger partial charge in [0, 0.05) is 35.3 Å². The molecule has 3 heterocycles. The van der Waals surface area contributed by atoms with Crippen LogP contribution in [0.5, 0.6) is 0 Å². The topological polar surface area (TPSA) is 94.0 Å². The van der Waals surface area contributed by atoms with E-state index in [2.05, 4.69) is 37.6 Å². The van der Waals surface area contributed by atoms with Crippen LogP contribution in [0.1, 0.15) is 24.2 Å². The summed E-state index contributed by atoms with van der Waals surface area (Å²) in [7, 11) is 0. The molecular weight excluding hydrogens is 434 g/mol. The molecule has 8 nitrogen and oxygen atoms in total. The summed E-state index contributed by atoms with van der Waals surface area (Å²) in [5.74, 6) is 2.06. The van der Waals surface area contributed by atoms with Gasteiger partial charge in [-0.05, 0) is 11.6 Å². The van der Waals surface area contributed by atoms with Crippen molar-refractivity contribution in [2.45, 2.75) is 19.9 Å². The van der Waals surface area contributed by atoms with Gasteiger partial charge in [-0.1, -0.05) is 60.6 Å². The molecule has 3 aromatic heterocycles. The van der Waals surface area contributed by atoms with Crippen molar-refractivity contribution in [3.63, 3.8) is 0 Å². The summed E-state index contributed by atoms with van der Waals surface area (Å²) in [5, 5.41) is 11.2. The van der Waals surface area contributed by atoms with Gasteiger partial charge in [0.1, 0.15) is 12.4 Å². The molecule has 0 fully saturated rings. The summed E-state index contributed by atoms with van der Waals surface area (Å²) >= 11 is 1.51. The predicted molar refractivity (Wildman–Crippen MR) is 129 cm³/mol. The highest BCUT2D eigenvalue weighted by Crippen LogP contribution is 2.24. The van der Waals surface area contributed by atoms with E-state index in [1.165, 1.54) is 11.3 Å². The third-order valence-corrected chi connectivity index (χ3v) is 5.73. The van der Waals surface area contributed by atoms with Crippen molar-refractivity contribution in [1.29, 1.82) is 0 Å². The third-order valence-electron chi connectivity index (χ3n) is 4.98. The Labute approximate surface area is 194 Å². The number of hydrazone groups is 1. The number of aryl methyl sites for hydroxylation is 1. The molecule has 33 heavy (non-hydrogen) atoms. The van der Waals surface area contributed by atoms with Crippen LogP contribution >= 0.6 is 11.3 Å². The zero-order chi connectivity index (χ0) is 22.5. The molecule has 0 aliphatic heterocycles. The number of rotatable bonds is 8. The zero-order valence-electron chi connectivity index (χ0n) is 17.9. The Morgan fingerprint density at radius 1 is 1.09 bits per heavy atom. The first-order valence-corrected chi connectivity index (χ1v) is 11.4. The lowest BCUT2D eigenvalue weighted by molar-refractivity contribution is 0.370. The van der Waals surface area contributed by atoms with Gasteiger partial charge in [0.15, 0.2) is 0 Å². The molecule has 164 valence electrons. The lowest BCUT2D eigenvalue weighted by Gasteiger charge is -2.01. The number of hydrogen-bond acceptors (Lipinski definition) is 8. The number of aromatic nitrogens is 5. The van der Waals surface area contributed by atoms with Crippen LogP contribution in [-0.4, -0.2) is 30.9 Å². The first-order valence-electron chi connectivity index (χ1n) is 10.5. The van der Waals surface area contributed by atoms with Crippen LogP contribution in [0.3, 0.4) is 0 Å². The quantitative estimate of drug-likeness (QED) is 0.258. The van der Waals surface area contributed by atoms with Gasteiger partial charge < -0.3 is 9.09 Å². The second-order valence-electron chi connectivity index (χ2n) is 7.24. The molecule has 0 bridgehead atoms. The molecule has 0 amide bonds. The van der Waals surface area contributed by atoms with Crippen molar-refractivity contribution < 1.29 is 4.52 Å². The molecule has 1 N–H and O–H groups in total. The summed E-state index contributed by atoms with van der Waals surface area (Å²) in [6, 6.07) is 17.9. The van der Waals surface area contributed by atoms with Gasteiger partial charge in [0.2, 0.25) is 16.8 Å². The summed E-state index contributed by atoms with van der Waals surface area (Å²) in [5.41, 5.74) is 6.78. The standard InChI is InChI=1S/C24H21N7OS/c1-2-21-25-11-12-31(21)15-22-28-23(30-32-22)19-10-6-7-17(13-19)14-26-29-24-27-20(16-33-24)18-8-4-3-5-9-18/h3-14,16H,2,15H2,1H3,(H,27,29). The van der Waals surface area contributed by atoms with Gasteiger partial charge >= 0.3 is 0 Å². The maximum atomic E-state index is 5.45. The minimum Gasteiger partial charge on any atom is -0.337 e. The first kappa shape index (κ1) is 20.8. The number of nitrogens with one attached hydrogen (secondary N) is 1. The number of imidazole rings is 1. The van der Waals surface area contributed by atoms with Crippen molar-refractivity contribution in [2.75, 3.05) is 5.43 Å². The molecule has 0 spiro atoms. The minimum absolute atomic E-state index is 0.500. The van der Waals surface area contributed by atoms with Crippen molar-refractivity contribution in [3.8, 4) is 22.6 Å². The van der Waals surface area contributed by atoms with Crippen molar-refractivity contribution in [3.05, 3.63) is 89.6 Å². The average Bonchev–Trinajstić information content (AvgIpc) is 3.61. The lowest BCUT2D eigenvalue weighted by Crippen LogP contribution is -2.03. The molecule has 0 aliphatic rings. The molecule has 0 atom stereocenters. The maximum Gasteiger partial charge on any atom is 0.246 e. The van der Waals surface area contributed by atoms with E-state index < -0.39 is 0 Å². The van der Waals surface area contributed by atoms with Gasteiger partial charge in [0.25, 0.3) is 0 Å². The van der Waals surface area contributed by atoms with Gasteiger partial charge in [-0.2, -0.15) is 10.1 Å². The molecule has 5 aromatic rings. The van der Waals surface area contributed by atoms with E-state index in [1.807, 2.05) is 70.7 Å². The normalized spacial score (nSPS) is 11.3. The highest BCUT2D eigenvalue weighted by atomic mass is 32.1. The van der Waals surface area contributed by atoms with E-state index in [-0.39, 0.29) is 0 Å². The Bertz CT molecular complexity index is 1370. The van der Waals surface area contributed by atoms with E-state index >= 15 is 0 Å². The molecule has 0 aliphatic carbocycles. The van der Waals surface area contributed by atoms with E-state index in [1.54, 1.807) is 12.4 Å². The molecule has 2 aromatic carbocycles.